The molecule has 0 aliphatic rings. The van der Waals surface area contributed by atoms with E-state index in [1.165, 1.54) is 5.56 Å². The summed E-state index contributed by atoms with van der Waals surface area (Å²) in [5, 5.41) is 0. The van der Waals surface area contributed by atoms with Gasteiger partial charge in [-0.2, -0.15) is 0 Å². The zero-order chi connectivity index (χ0) is 15.5. The Kier molecular flexibility index (Phi) is 4.29. The highest BCUT2D eigenvalue weighted by atomic mass is 32.1. The van der Waals surface area contributed by atoms with E-state index in [1.807, 2.05) is 30.3 Å². The summed E-state index contributed by atoms with van der Waals surface area (Å²) in [6, 6.07) is 16.4. The highest BCUT2D eigenvalue weighted by Gasteiger charge is 2.04. The van der Waals surface area contributed by atoms with E-state index in [2.05, 4.69) is 41.6 Å². The number of benzene rings is 2. The van der Waals surface area contributed by atoms with Crippen molar-refractivity contribution in [3.63, 3.8) is 0 Å². The van der Waals surface area contributed by atoms with Crippen molar-refractivity contribution in [2.45, 2.75) is 26.3 Å². The third-order valence-corrected chi connectivity index (χ3v) is 4.13. The number of para-hydroxylation sites is 2. The average molecular weight is 312 g/mol. The van der Waals surface area contributed by atoms with Gasteiger partial charge in [-0.3, -0.25) is 0 Å². The molecule has 114 valence electrons. The van der Waals surface area contributed by atoms with Gasteiger partial charge in [0.05, 0.1) is 17.6 Å². The van der Waals surface area contributed by atoms with Crippen molar-refractivity contribution in [2.75, 3.05) is 6.61 Å². The first kappa shape index (κ1) is 14.9. The van der Waals surface area contributed by atoms with Crippen molar-refractivity contribution >= 4 is 23.3 Å². The van der Waals surface area contributed by atoms with Gasteiger partial charge >= 0.3 is 0 Å². The third kappa shape index (κ3) is 3.07. The van der Waals surface area contributed by atoms with Gasteiger partial charge in [0.15, 0.2) is 4.77 Å². The molecule has 0 radical (unpaired) electrons. The summed E-state index contributed by atoms with van der Waals surface area (Å²) in [5.74, 6) is 1.44. The highest BCUT2D eigenvalue weighted by Crippen LogP contribution is 2.19. The van der Waals surface area contributed by atoms with Crippen molar-refractivity contribution in [3.05, 3.63) is 58.9 Å². The van der Waals surface area contributed by atoms with Gasteiger partial charge in [0.2, 0.25) is 0 Å². The summed E-state index contributed by atoms with van der Waals surface area (Å²) in [5.41, 5.74) is 3.51. The number of imidazole rings is 1. The van der Waals surface area contributed by atoms with E-state index in [-0.39, 0.29) is 0 Å². The Labute approximate surface area is 135 Å². The van der Waals surface area contributed by atoms with Crippen LogP contribution in [-0.2, 0) is 6.54 Å². The molecule has 0 aliphatic carbocycles. The Hall–Kier alpha value is -2.07. The van der Waals surface area contributed by atoms with Gasteiger partial charge in [0.1, 0.15) is 12.4 Å². The van der Waals surface area contributed by atoms with E-state index in [4.69, 9.17) is 17.0 Å². The van der Waals surface area contributed by atoms with Crippen molar-refractivity contribution in [1.82, 2.24) is 9.55 Å². The van der Waals surface area contributed by atoms with Crippen molar-refractivity contribution in [3.8, 4) is 5.75 Å². The fraction of sp³-hybridized carbons (Fsp3) is 0.278. The first-order valence-corrected chi connectivity index (χ1v) is 7.96. The molecule has 1 N–H and O–H groups in total. The molecule has 0 amide bonds. The molecule has 1 heterocycles. The van der Waals surface area contributed by atoms with E-state index in [9.17, 15) is 0 Å². The Balaban J connectivity index is 1.67. The summed E-state index contributed by atoms with van der Waals surface area (Å²) in [7, 11) is 0. The van der Waals surface area contributed by atoms with Gasteiger partial charge in [-0.1, -0.05) is 38.1 Å². The maximum atomic E-state index is 5.84. The zero-order valence-electron chi connectivity index (χ0n) is 12.9. The summed E-state index contributed by atoms with van der Waals surface area (Å²) >= 11 is 5.38. The first-order chi connectivity index (χ1) is 10.6. The molecule has 1 aromatic heterocycles. The number of H-pyrrole nitrogens is 1. The van der Waals surface area contributed by atoms with E-state index in [1.54, 1.807) is 0 Å². The van der Waals surface area contributed by atoms with Crippen LogP contribution in [0.2, 0.25) is 0 Å². The molecule has 2 aromatic carbocycles. The molecule has 0 atom stereocenters. The lowest BCUT2D eigenvalue weighted by molar-refractivity contribution is 0.299. The molecule has 3 aromatic rings. The van der Waals surface area contributed by atoms with Crippen LogP contribution in [0.4, 0.5) is 0 Å². The molecule has 0 spiro atoms. The number of rotatable bonds is 5. The lowest BCUT2D eigenvalue weighted by Crippen LogP contribution is -2.08. The Morgan fingerprint density at radius 1 is 1.09 bits per heavy atom. The number of hydrogen-bond acceptors (Lipinski definition) is 2. The van der Waals surface area contributed by atoms with Gasteiger partial charge in [-0.15, -0.1) is 0 Å². The molecular formula is C18H20N2OS. The second-order valence-electron chi connectivity index (χ2n) is 5.67. The van der Waals surface area contributed by atoms with Crippen LogP contribution in [0.3, 0.4) is 0 Å². The SMILES string of the molecule is CC(C)c1ccc(OCCn2c(=S)[nH]c3ccccc32)cc1. The number of aromatic nitrogens is 2. The van der Waals surface area contributed by atoms with Crippen LogP contribution in [-0.4, -0.2) is 16.2 Å². The number of aromatic amines is 1. The maximum Gasteiger partial charge on any atom is 0.178 e. The molecule has 3 nitrogen and oxygen atoms in total. The Morgan fingerprint density at radius 2 is 1.82 bits per heavy atom. The molecule has 0 unspecified atom stereocenters. The monoisotopic (exact) mass is 312 g/mol. The summed E-state index contributed by atoms with van der Waals surface area (Å²) in [4.78, 5) is 3.22. The highest BCUT2D eigenvalue weighted by molar-refractivity contribution is 7.71. The van der Waals surface area contributed by atoms with Crippen LogP contribution >= 0.6 is 12.2 Å². The molecule has 4 heteroatoms. The molecule has 0 saturated heterocycles. The van der Waals surface area contributed by atoms with Crippen molar-refractivity contribution in [1.29, 1.82) is 0 Å². The molecule has 0 bridgehead atoms. The number of ether oxygens (including phenoxy) is 1. The van der Waals surface area contributed by atoms with Crippen LogP contribution in [0, 0.1) is 4.77 Å². The minimum Gasteiger partial charge on any atom is -0.492 e. The van der Waals surface area contributed by atoms with Crippen LogP contribution in [0.1, 0.15) is 25.3 Å². The molecular weight excluding hydrogens is 292 g/mol. The van der Waals surface area contributed by atoms with Crippen LogP contribution in [0.5, 0.6) is 5.75 Å². The molecule has 22 heavy (non-hydrogen) atoms. The van der Waals surface area contributed by atoms with E-state index < -0.39 is 0 Å². The average Bonchev–Trinajstić information content (AvgIpc) is 2.84. The maximum absolute atomic E-state index is 5.84. The minimum atomic E-state index is 0.540. The van der Waals surface area contributed by atoms with Gasteiger partial charge < -0.3 is 14.3 Å². The van der Waals surface area contributed by atoms with Gasteiger partial charge in [-0.05, 0) is 48.0 Å². The van der Waals surface area contributed by atoms with E-state index in [0.29, 0.717) is 12.5 Å². The number of hydrogen-bond donors (Lipinski definition) is 1. The smallest absolute Gasteiger partial charge is 0.178 e. The Bertz CT molecular complexity index is 815. The largest absolute Gasteiger partial charge is 0.492 e. The first-order valence-electron chi connectivity index (χ1n) is 7.55. The van der Waals surface area contributed by atoms with Crippen molar-refractivity contribution in [2.24, 2.45) is 0 Å². The molecule has 3 rings (SSSR count). The number of nitrogens with zero attached hydrogens (tertiary/aromatic N) is 1. The summed E-state index contributed by atoms with van der Waals surface area (Å²) < 4.78 is 8.65. The van der Waals surface area contributed by atoms with Crippen LogP contribution < -0.4 is 4.74 Å². The lowest BCUT2D eigenvalue weighted by atomic mass is 10.0. The number of nitrogens with one attached hydrogen (secondary N) is 1. The molecule has 0 aliphatic heterocycles. The second-order valence-corrected chi connectivity index (χ2v) is 6.06. The summed E-state index contributed by atoms with van der Waals surface area (Å²) in [6.07, 6.45) is 0. The predicted molar refractivity (Wildman–Crippen MR) is 93.1 cm³/mol. The normalized spacial score (nSPS) is 11.2. The quantitative estimate of drug-likeness (QED) is 0.679. The van der Waals surface area contributed by atoms with Crippen molar-refractivity contribution < 1.29 is 4.74 Å². The lowest BCUT2D eigenvalue weighted by Gasteiger charge is -2.10. The fourth-order valence-electron chi connectivity index (χ4n) is 2.53. The fourth-order valence-corrected chi connectivity index (χ4v) is 2.83. The van der Waals surface area contributed by atoms with Gasteiger partial charge in [-0.25, -0.2) is 0 Å². The minimum absolute atomic E-state index is 0.540. The summed E-state index contributed by atoms with van der Waals surface area (Å²) in [6.45, 7) is 5.70. The predicted octanol–water partition coefficient (Wildman–Crippen LogP) is 4.90. The van der Waals surface area contributed by atoms with E-state index >= 15 is 0 Å². The molecule has 0 fully saturated rings. The Morgan fingerprint density at radius 3 is 2.55 bits per heavy atom. The standard InChI is InChI=1S/C18H20N2OS/c1-13(2)14-7-9-15(10-8-14)21-12-11-20-17-6-4-3-5-16(17)19-18(20)22/h3-10,13H,11-12H2,1-2H3,(H,19,22). The second kappa shape index (κ2) is 6.36. The molecule has 0 saturated carbocycles. The topological polar surface area (TPSA) is 29.9 Å². The third-order valence-electron chi connectivity index (χ3n) is 3.81. The number of fused-ring (bicyclic) bond motifs is 1. The van der Waals surface area contributed by atoms with Gasteiger partial charge in [0, 0.05) is 0 Å². The van der Waals surface area contributed by atoms with Crippen LogP contribution in [0.25, 0.3) is 11.0 Å². The van der Waals surface area contributed by atoms with Gasteiger partial charge in [0.25, 0.3) is 0 Å². The zero-order valence-corrected chi connectivity index (χ0v) is 13.7. The van der Waals surface area contributed by atoms with Crippen LogP contribution in [0.15, 0.2) is 48.5 Å². The van der Waals surface area contributed by atoms with E-state index in [0.717, 1.165) is 28.1 Å².